The summed E-state index contributed by atoms with van der Waals surface area (Å²) in [5, 5.41) is 9.55. The Bertz CT molecular complexity index is 271. The van der Waals surface area contributed by atoms with Crippen LogP contribution < -0.4 is 5.73 Å². The van der Waals surface area contributed by atoms with E-state index in [1.165, 1.54) is 5.56 Å². The van der Waals surface area contributed by atoms with E-state index < -0.39 is 6.10 Å². The maximum Gasteiger partial charge on any atom is 0.0728 e. The van der Waals surface area contributed by atoms with Gasteiger partial charge in [0.2, 0.25) is 0 Å². The summed E-state index contributed by atoms with van der Waals surface area (Å²) in [4.78, 5) is 0. The molecule has 0 spiro atoms. The third-order valence-corrected chi connectivity index (χ3v) is 2.13. The molecule has 1 rings (SSSR count). The Morgan fingerprint density at radius 2 is 2.15 bits per heavy atom. The molecule has 0 fully saturated rings. The summed E-state index contributed by atoms with van der Waals surface area (Å²) in [5.74, 6) is 0. The molecule has 13 heavy (non-hydrogen) atoms. The summed E-state index contributed by atoms with van der Waals surface area (Å²) in [5.41, 5.74) is 7.93. The Morgan fingerprint density at radius 3 is 2.69 bits per heavy atom. The molecule has 0 bridgehead atoms. The molecule has 2 heteroatoms. The maximum absolute atomic E-state index is 9.55. The van der Waals surface area contributed by atoms with Gasteiger partial charge >= 0.3 is 0 Å². The van der Waals surface area contributed by atoms with Gasteiger partial charge in [0.05, 0.1) is 6.10 Å². The van der Waals surface area contributed by atoms with Crippen LogP contribution in [0, 0.1) is 6.92 Å². The lowest BCUT2D eigenvalue weighted by Crippen LogP contribution is -2.33. The van der Waals surface area contributed by atoms with E-state index in [1.807, 2.05) is 32.0 Å². The number of nitrogens with two attached hydrogens (primary N) is 1. The fourth-order valence-corrected chi connectivity index (χ4v) is 1.27. The first-order valence-corrected chi connectivity index (χ1v) is 4.59. The maximum atomic E-state index is 9.55. The first kappa shape index (κ1) is 10.2. The lowest BCUT2D eigenvalue weighted by Gasteiger charge is -2.14. The first-order valence-electron chi connectivity index (χ1n) is 4.59. The second kappa shape index (κ2) is 4.40. The molecule has 0 aliphatic carbocycles. The minimum absolute atomic E-state index is 0.166. The standard InChI is InChI=1S/C11H17NO/c1-8-4-3-5-10(6-8)7-11(13)9(2)12/h3-6,9,11,13H,7,12H2,1-2H3. The van der Waals surface area contributed by atoms with Gasteiger partial charge < -0.3 is 10.8 Å². The molecular formula is C11H17NO. The van der Waals surface area contributed by atoms with E-state index in [4.69, 9.17) is 5.73 Å². The van der Waals surface area contributed by atoms with Gasteiger partial charge in [0.25, 0.3) is 0 Å². The molecule has 0 saturated heterocycles. The van der Waals surface area contributed by atoms with Crippen molar-refractivity contribution in [3.63, 3.8) is 0 Å². The highest BCUT2D eigenvalue weighted by molar-refractivity contribution is 5.22. The van der Waals surface area contributed by atoms with Crippen molar-refractivity contribution in [3.05, 3.63) is 35.4 Å². The number of aryl methyl sites for hydroxylation is 1. The van der Waals surface area contributed by atoms with Crippen LogP contribution in [0.4, 0.5) is 0 Å². The van der Waals surface area contributed by atoms with E-state index in [9.17, 15) is 5.11 Å². The minimum Gasteiger partial charge on any atom is -0.391 e. The number of benzene rings is 1. The molecular weight excluding hydrogens is 162 g/mol. The predicted octanol–water partition coefficient (Wildman–Crippen LogP) is 1.25. The van der Waals surface area contributed by atoms with Gasteiger partial charge in [0.1, 0.15) is 0 Å². The van der Waals surface area contributed by atoms with Gasteiger partial charge in [-0.1, -0.05) is 29.8 Å². The molecule has 0 heterocycles. The molecule has 0 aromatic heterocycles. The van der Waals surface area contributed by atoms with Crippen molar-refractivity contribution in [2.24, 2.45) is 5.73 Å². The molecule has 2 nitrogen and oxygen atoms in total. The zero-order chi connectivity index (χ0) is 9.84. The van der Waals surface area contributed by atoms with E-state index in [1.54, 1.807) is 0 Å². The fraction of sp³-hybridized carbons (Fsp3) is 0.455. The van der Waals surface area contributed by atoms with Crippen molar-refractivity contribution < 1.29 is 5.11 Å². The summed E-state index contributed by atoms with van der Waals surface area (Å²) in [7, 11) is 0. The van der Waals surface area contributed by atoms with E-state index in [0.29, 0.717) is 6.42 Å². The normalized spacial score (nSPS) is 15.4. The third-order valence-electron chi connectivity index (χ3n) is 2.13. The molecule has 0 aliphatic heterocycles. The summed E-state index contributed by atoms with van der Waals surface area (Å²) < 4.78 is 0. The Balaban J connectivity index is 2.64. The Morgan fingerprint density at radius 1 is 1.46 bits per heavy atom. The highest BCUT2D eigenvalue weighted by Gasteiger charge is 2.09. The molecule has 72 valence electrons. The molecule has 0 radical (unpaired) electrons. The van der Waals surface area contributed by atoms with Crippen LogP contribution in [0.5, 0.6) is 0 Å². The van der Waals surface area contributed by atoms with Gasteiger partial charge in [-0.05, 0) is 25.8 Å². The van der Waals surface area contributed by atoms with Crippen molar-refractivity contribution in [3.8, 4) is 0 Å². The van der Waals surface area contributed by atoms with Gasteiger partial charge in [0, 0.05) is 6.04 Å². The molecule has 3 N–H and O–H groups in total. The fourth-order valence-electron chi connectivity index (χ4n) is 1.27. The molecule has 0 amide bonds. The second-order valence-electron chi connectivity index (χ2n) is 3.62. The van der Waals surface area contributed by atoms with Crippen LogP contribution in [0.2, 0.25) is 0 Å². The Kier molecular flexibility index (Phi) is 3.46. The van der Waals surface area contributed by atoms with Crippen molar-refractivity contribution in [2.75, 3.05) is 0 Å². The van der Waals surface area contributed by atoms with E-state index in [2.05, 4.69) is 6.07 Å². The van der Waals surface area contributed by atoms with Gasteiger partial charge in [-0.15, -0.1) is 0 Å². The van der Waals surface area contributed by atoms with Crippen molar-refractivity contribution in [1.82, 2.24) is 0 Å². The smallest absolute Gasteiger partial charge is 0.0728 e. The summed E-state index contributed by atoms with van der Waals surface area (Å²) in [6.45, 7) is 3.86. The van der Waals surface area contributed by atoms with Crippen LogP contribution >= 0.6 is 0 Å². The molecule has 0 saturated carbocycles. The Hall–Kier alpha value is -0.860. The first-order chi connectivity index (χ1) is 6.09. The zero-order valence-electron chi connectivity index (χ0n) is 8.20. The summed E-state index contributed by atoms with van der Waals surface area (Å²) >= 11 is 0. The zero-order valence-corrected chi connectivity index (χ0v) is 8.20. The van der Waals surface area contributed by atoms with Crippen LogP contribution in [0.1, 0.15) is 18.1 Å². The molecule has 0 aliphatic rings. The summed E-state index contributed by atoms with van der Waals surface area (Å²) in [6.07, 6.45) is 0.195. The van der Waals surface area contributed by atoms with Crippen LogP contribution in [-0.2, 0) is 6.42 Å². The number of hydrogen-bond acceptors (Lipinski definition) is 2. The quantitative estimate of drug-likeness (QED) is 0.733. The third kappa shape index (κ3) is 3.17. The average Bonchev–Trinajstić information content (AvgIpc) is 2.04. The van der Waals surface area contributed by atoms with Gasteiger partial charge in [-0.3, -0.25) is 0 Å². The van der Waals surface area contributed by atoms with Gasteiger partial charge in [0.15, 0.2) is 0 Å². The highest BCUT2D eigenvalue weighted by atomic mass is 16.3. The number of aliphatic hydroxyl groups is 1. The number of rotatable bonds is 3. The van der Waals surface area contributed by atoms with E-state index in [-0.39, 0.29) is 6.04 Å². The minimum atomic E-state index is -0.443. The van der Waals surface area contributed by atoms with Crippen LogP contribution in [0.25, 0.3) is 0 Å². The predicted molar refractivity (Wildman–Crippen MR) is 54.5 cm³/mol. The number of aliphatic hydroxyl groups excluding tert-OH is 1. The van der Waals surface area contributed by atoms with E-state index in [0.717, 1.165) is 5.56 Å². The van der Waals surface area contributed by atoms with Crippen molar-refractivity contribution >= 4 is 0 Å². The molecule has 2 unspecified atom stereocenters. The van der Waals surface area contributed by atoms with Crippen LogP contribution in [0.3, 0.4) is 0 Å². The highest BCUT2D eigenvalue weighted by Crippen LogP contribution is 2.07. The Labute approximate surface area is 79.4 Å². The largest absolute Gasteiger partial charge is 0.391 e. The van der Waals surface area contributed by atoms with Crippen molar-refractivity contribution in [2.45, 2.75) is 32.4 Å². The van der Waals surface area contributed by atoms with Crippen LogP contribution in [0.15, 0.2) is 24.3 Å². The monoisotopic (exact) mass is 179 g/mol. The lowest BCUT2D eigenvalue weighted by molar-refractivity contribution is 0.151. The SMILES string of the molecule is Cc1cccc(CC(O)C(C)N)c1. The van der Waals surface area contributed by atoms with Gasteiger partial charge in [-0.2, -0.15) is 0 Å². The average molecular weight is 179 g/mol. The van der Waals surface area contributed by atoms with Gasteiger partial charge in [-0.25, -0.2) is 0 Å². The molecule has 1 aromatic rings. The van der Waals surface area contributed by atoms with Crippen LogP contribution in [-0.4, -0.2) is 17.3 Å². The topological polar surface area (TPSA) is 46.2 Å². The number of hydrogen-bond donors (Lipinski definition) is 2. The molecule has 2 atom stereocenters. The summed E-state index contributed by atoms with van der Waals surface area (Å²) in [6, 6.07) is 7.96. The lowest BCUT2D eigenvalue weighted by atomic mass is 10.0. The second-order valence-corrected chi connectivity index (χ2v) is 3.62. The van der Waals surface area contributed by atoms with Crippen molar-refractivity contribution in [1.29, 1.82) is 0 Å². The molecule has 1 aromatic carbocycles. The van der Waals surface area contributed by atoms with E-state index >= 15 is 0 Å².